The Morgan fingerprint density at radius 2 is 1.86 bits per heavy atom. The zero-order valence-electron chi connectivity index (χ0n) is 14.7. The second-order valence-corrected chi connectivity index (χ2v) is 6.16. The van der Waals surface area contributed by atoms with Crippen LogP contribution in [0.5, 0.6) is 5.75 Å². The Morgan fingerprint density at radius 3 is 2.50 bits per heavy atom. The second kappa shape index (κ2) is 7.83. The largest absolute Gasteiger partial charge is 0.435 e. The monoisotopic (exact) mass is 396 g/mol. The lowest BCUT2D eigenvalue weighted by molar-refractivity contribution is -0.0498. The molecular weight excluding hydrogens is 380 g/mol. The molecule has 6 nitrogen and oxygen atoms in total. The first-order chi connectivity index (χ1) is 13.2. The zero-order valence-corrected chi connectivity index (χ0v) is 14.7. The fraction of sp³-hybridized carbons (Fsp3) is 0.278. The van der Waals surface area contributed by atoms with Gasteiger partial charge < -0.3 is 9.30 Å². The predicted molar refractivity (Wildman–Crippen MR) is 92.5 cm³/mol. The maximum atomic E-state index is 13.3. The SMILES string of the molecule is CC(F)(F)Cn1ccnc1Cn1nc(-c2ccc(OC(F)F)cc2)ccc1=O. The van der Waals surface area contributed by atoms with E-state index in [9.17, 15) is 22.4 Å². The van der Waals surface area contributed by atoms with Crippen molar-refractivity contribution in [3.05, 3.63) is 65.0 Å². The van der Waals surface area contributed by atoms with Crippen LogP contribution in [0, 0.1) is 0 Å². The summed E-state index contributed by atoms with van der Waals surface area (Å²) < 4.78 is 57.7. The highest BCUT2D eigenvalue weighted by molar-refractivity contribution is 5.59. The maximum Gasteiger partial charge on any atom is 0.387 e. The number of rotatable bonds is 7. The summed E-state index contributed by atoms with van der Waals surface area (Å²) in [4.78, 5) is 16.1. The van der Waals surface area contributed by atoms with Crippen LogP contribution in [0.25, 0.3) is 11.3 Å². The molecule has 0 amide bonds. The average Bonchev–Trinajstić information content (AvgIpc) is 3.02. The average molecular weight is 396 g/mol. The van der Waals surface area contributed by atoms with Gasteiger partial charge in [-0.3, -0.25) is 4.79 Å². The van der Waals surface area contributed by atoms with Crippen molar-refractivity contribution in [3.63, 3.8) is 0 Å². The minimum atomic E-state index is -2.93. The van der Waals surface area contributed by atoms with Crippen molar-refractivity contribution >= 4 is 0 Å². The highest BCUT2D eigenvalue weighted by Gasteiger charge is 2.23. The molecule has 0 fully saturated rings. The van der Waals surface area contributed by atoms with E-state index in [2.05, 4.69) is 14.8 Å². The molecule has 0 spiro atoms. The van der Waals surface area contributed by atoms with Gasteiger partial charge in [-0.1, -0.05) is 0 Å². The number of aromatic nitrogens is 4. The van der Waals surface area contributed by atoms with E-state index in [-0.39, 0.29) is 18.1 Å². The summed E-state index contributed by atoms with van der Waals surface area (Å²) in [5.41, 5.74) is 0.542. The fourth-order valence-electron chi connectivity index (χ4n) is 2.59. The summed E-state index contributed by atoms with van der Waals surface area (Å²) in [6.45, 7) is -2.79. The number of alkyl halides is 4. The van der Waals surface area contributed by atoms with E-state index >= 15 is 0 Å². The smallest absolute Gasteiger partial charge is 0.387 e. The Morgan fingerprint density at radius 1 is 1.14 bits per heavy atom. The van der Waals surface area contributed by atoms with Crippen LogP contribution in [0.15, 0.2) is 53.6 Å². The first kappa shape index (κ1) is 19.6. The molecule has 0 aliphatic heterocycles. The van der Waals surface area contributed by atoms with E-state index in [4.69, 9.17) is 0 Å². The number of imidazole rings is 1. The van der Waals surface area contributed by atoms with Crippen LogP contribution >= 0.6 is 0 Å². The molecule has 0 bridgehead atoms. The minimum Gasteiger partial charge on any atom is -0.435 e. The Hall–Kier alpha value is -3.17. The van der Waals surface area contributed by atoms with E-state index in [0.29, 0.717) is 11.3 Å². The quantitative estimate of drug-likeness (QED) is 0.575. The number of nitrogens with zero attached hydrogens (tertiary/aromatic N) is 4. The van der Waals surface area contributed by atoms with Gasteiger partial charge in [0, 0.05) is 30.9 Å². The van der Waals surface area contributed by atoms with Gasteiger partial charge >= 0.3 is 6.61 Å². The molecular formula is C18H16F4N4O2. The highest BCUT2D eigenvalue weighted by atomic mass is 19.3. The molecule has 0 aliphatic carbocycles. The van der Waals surface area contributed by atoms with E-state index in [1.807, 2.05) is 0 Å². The van der Waals surface area contributed by atoms with Crippen LogP contribution in [0.4, 0.5) is 17.6 Å². The van der Waals surface area contributed by atoms with Crippen LogP contribution in [0.2, 0.25) is 0 Å². The lowest BCUT2D eigenvalue weighted by Crippen LogP contribution is -2.26. The van der Waals surface area contributed by atoms with E-state index in [1.165, 1.54) is 53.4 Å². The molecule has 2 heterocycles. The van der Waals surface area contributed by atoms with Crippen molar-refractivity contribution in [2.75, 3.05) is 0 Å². The normalized spacial score (nSPS) is 11.8. The van der Waals surface area contributed by atoms with Gasteiger partial charge in [0.15, 0.2) is 0 Å². The number of hydrogen-bond acceptors (Lipinski definition) is 4. The van der Waals surface area contributed by atoms with Gasteiger partial charge in [-0.15, -0.1) is 0 Å². The first-order valence-electron chi connectivity index (χ1n) is 8.22. The molecule has 1 aromatic carbocycles. The Bertz CT molecular complexity index is 994. The van der Waals surface area contributed by atoms with Gasteiger partial charge in [0.1, 0.15) is 18.1 Å². The van der Waals surface area contributed by atoms with Gasteiger partial charge in [-0.25, -0.2) is 18.4 Å². The standard InChI is InChI=1S/C18H16F4N4O2/c1-18(21,22)11-25-9-8-23-15(25)10-26-16(27)7-6-14(24-26)12-2-4-13(5-3-12)28-17(19)20/h2-9,17H,10-11H2,1H3. The van der Waals surface area contributed by atoms with E-state index < -0.39 is 24.6 Å². The van der Waals surface area contributed by atoms with Crippen molar-refractivity contribution in [2.24, 2.45) is 0 Å². The minimum absolute atomic E-state index is 0.00501. The van der Waals surface area contributed by atoms with Crippen LogP contribution in [0.3, 0.4) is 0 Å². The van der Waals surface area contributed by atoms with Crippen molar-refractivity contribution in [1.29, 1.82) is 0 Å². The summed E-state index contributed by atoms with van der Waals surface area (Å²) in [7, 11) is 0. The van der Waals surface area contributed by atoms with Crippen LogP contribution in [0.1, 0.15) is 12.7 Å². The second-order valence-electron chi connectivity index (χ2n) is 6.16. The number of benzene rings is 1. The van der Waals surface area contributed by atoms with Crippen molar-refractivity contribution in [1.82, 2.24) is 19.3 Å². The van der Waals surface area contributed by atoms with Gasteiger partial charge in [0.25, 0.3) is 11.5 Å². The molecule has 3 rings (SSSR count). The Kier molecular flexibility index (Phi) is 5.48. The van der Waals surface area contributed by atoms with Crippen molar-refractivity contribution in [3.8, 4) is 17.0 Å². The highest BCUT2D eigenvalue weighted by Crippen LogP contribution is 2.21. The molecule has 3 aromatic rings. The fourth-order valence-corrected chi connectivity index (χ4v) is 2.59. The summed E-state index contributed by atoms with van der Waals surface area (Å²) in [5, 5.41) is 4.22. The molecule has 0 saturated heterocycles. The third-order valence-electron chi connectivity index (χ3n) is 3.78. The third kappa shape index (κ3) is 4.96. The first-order valence-corrected chi connectivity index (χ1v) is 8.22. The third-order valence-corrected chi connectivity index (χ3v) is 3.78. The molecule has 0 unspecified atom stereocenters. The lowest BCUT2D eigenvalue weighted by atomic mass is 10.1. The molecule has 0 saturated carbocycles. The lowest BCUT2D eigenvalue weighted by Gasteiger charge is -2.14. The topological polar surface area (TPSA) is 61.9 Å². The molecule has 0 N–H and O–H groups in total. The van der Waals surface area contributed by atoms with Crippen molar-refractivity contribution < 1.29 is 22.3 Å². The summed E-state index contributed by atoms with van der Waals surface area (Å²) >= 11 is 0. The number of halogens is 4. The van der Waals surface area contributed by atoms with Gasteiger partial charge in [0.05, 0.1) is 12.2 Å². The number of hydrogen-bond donors (Lipinski definition) is 0. The van der Waals surface area contributed by atoms with Gasteiger partial charge in [0.2, 0.25) is 0 Å². The van der Waals surface area contributed by atoms with Gasteiger partial charge in [-0.2, -0.15) is 13.9 Å². The van der Waals surface area contributed by atoms with E-state index in [0.717, 1.165) is 11.6 Å². The zero-order chi connectivity index (χ0) is 20.3. The van der Waals surface area contributed by atoms with Crippen LogP contribution in [-0.4, -0.2) is 31.9 Å². The molecule has 0 atom stereocenters. The summed E-state index contributed by atoms with van der Waals surface area (Å²) in [6, 6.07) is 8.52. The molecule has 10 heteroatoms. The summed E-state index contributed by atoms with van der Waals surface area (Å²) in [5.74, 6) is -2.68. The van der Waals surface area contributed by atoms with Gasteiger partial charge in [-0.05, 0) is 30.3 Å². The number of ether oxygens (including phenoxy) is 1. The van der Waals surface area contributed by atoms with E-state index in [1.54, 1.807) is 0 Å². The van der Waals surface area contributed by atoms with Crippen LogP contribution in [-0.2, 0) is 13.1 Å². The molecule has 2 aromatic heterocycles. The van der Waals surface area contributed by atoms with Crippen molar-refractivity contribution in [2.45, 2.75) is 32.5 Å². The molecule has 148 valence electrons. The Labute approximate surface area is 157 Å². The van der Waals surface area contributed by atoms with Crippen LogP contribution < -0.4 is 10.3 Å². The molecule has 0 radical (unpaired) electrons. The summed E-state index contributed by atoms with van der Waals surface area (Å²) in [6.07, 6.45) is 2.78. The Balaban J connectivity index is 1.85. The molecule has 28 heavy (non-hydrogen) atoms. The molecule has 0 aliphatic rings. The maximum absolute atomic E-state index is 13.3. The predicted octanol–water partition coefficient (Wildman–Crippen LogP) is 3.41.